The summed E-state index contributed by atoms with van der Waals surface area (Å²) in [5.41, 5.74) is 3.24. The number of carbonyl (C=O) groups is 1. The topological polar surface area (TPSA) is 113 Å². The van der Waals surface area contributed by atoms with Crippen LogP contribution in [0.25, 0.3) is 22.2 Å². The number of nitrogens with zero attached hydrogens (tertiary/aromatic N) is 1. The Morgan fingerprint density at radius 3 is 2.55 bits per heavy atom. The van der Waals surface area contributed by atoms with Gasteiger partial charge in [-0.05, 0) is 66.6 Å². The van der Waals surface area contributed by atoms with Crippen molar-refractivity contribution >= 4 is 54.9 Å². The molecule has 0 aliphatic rings. The van der Waals surface area contributed by atoms with Crippen molar-refractivity contribution < 1.29 is 17.9 Å². The average molecular weight is 567 g/mol. The van der Waals surface area contributed by atoms with Crippen LogP contribution in [0.15, 0.2) is 89.3 Å². The van der Waals surface area contributed by atoms with Crippen molar-refractivity contribution in [2.75, 3.05) is 12.4 Å². The Bertz CT molecular complexity index is 1680. The van der Waals surface area contributed by atoms with Crippen LogP contribution in [-0.2, 0) is 21.2 Å². The van der Waals surface area contributed by atoms with E-state index in [0.717, 1.165) is 27.8 Å². The largest absolute Gasteiger partial charge is 0.497 e. The number of rotatable bonds is 9. The minimum Gasteiger partial charge on any atom is -0.497 e. The molecule has 0 spiro atoms. The monoisotopic (exact) mass is 566 g/mol. The summed E-state index contributed by atoms with van der Waals surface area (Å²) in [5.74, 6) is 0.203. The highest BCUT2D eigenvalue weighted by Gasteiger charge is 2.28. The summed E-state index contributed by atoms with van der Waals surface area (Å²) in [5, 5.41) is 6.28. The predicted molar refractivity (Wildman–Crippen MR) is 150 cm³/mol. The number of para-hydroxylation sites is 1. The summed E-state index contributed by atoms with van der Waals surface area (Å²) in [6.45, 7) is 0. The van der Waals surface area contributed by atoms with Crippen LogP contribution in [-0.4, -0.2) is 37.4 Å². The van der Waals surface area contributed by atoms with Crippen LogP contribution in [0.1, 0.15) is 5.56 Å². The number of thiazole rings is 1. The van der Waals surface area contributed by atoms with Crippen molar-refractivity contribution in [1.82, 2.24) is 14.7 Å². The van der Waals surface area contributed by atoms with E-state index in [0.29, 0.717) is 15.8 Å². The maximum Gasteiger partial charge on any atom is 0.244 e. The summed E-state index contributed by atoms with van der Waals surface area (Å²) >= 11 is 7.18. The standard InChI is InChI=1S/C27H23ClN4O4S2/c1-36-20-10-6-17(7-11-20)25-16-37-27(30-25)31-26(33)24(14-18-15-29-23-5-3-2-4-22(18)23)32-38(34,35)21-12-8-19(28)9-13-21/h2-13,15-16,24,29,32H,14H2,1H3,(H,30,31,33)/t24-/m0/s1. The smallest absolute Gasteiger partial charge is 0.244 e. The highest BCUT2D eigenvalue weighted by molar-refractivity contribution is 7.89. The Hall–Kier alpha value is -3.70. The Kier molecular flexibility index (Phi) is 7.48. The quantitative estimate of drug-likeness (QED) is 0.219. The molecule has 0 unspecified atom stereocenters. The first-order valence-corrected chi connectivity index (χ1v) is 14.3. The van der Waals surface area contributed by atoms with Gasteiger partial charge in [0.15, 0.2) is 5.13 Å². The molecule has 0 aliphatic heterocycles. The average Bonchev–Trinajstić information content (AvgIpc) is 3.56. The molecule has 5 aromatic rings. The van der Waals surface area contributed by atoms with Crippen LogP contribution < -0.4 is 14.8 Å². The van der Waals surface area contributed by atoms with Crippen LogP contribution in [0.2, 0.25) is 5.02 Å². The normalized spacial score (nSPS) is 12.4. The van der Waals surface area contributed by atoms with Crippen molar-refractivity contribution in [3.8, 4) is 17.0 Å². The number of carbonyl (C=O) groups excluding carboxylic acids is 1. The first-order valence-electron chi connectivity index (χ1n) is 11.6. The first kappa shape index (κ1) is 25.9. The third-order valence-corrected chi connectivity index (χ3v) is 8.45. The molecule has 0 saturated carbocycles. The van der Waals surface area contributed by atoms with Gasteiger partial charge in [0.25, 0.3) is 0 Å². The zero-order chi connectivity index (χ0) is 26.7. The Morgan fingerprint density at radius 2 is 1.82 bits per heavy atom. The first-order chi connectivity index (χ1) is 18.3. The zero-order valence-electron chi connectivity index (χ0n) is 20.1. The summed E-state index contributed by atoms with van der Waals surface area (Å²) in [6.07, 6.45) is 1.91. The third kappa shape index (κ3) is 5.73. The van der Waals surface area contributed by atoms with E-state index >= 15 is 0 Å². The van der Waals surface area contributed by atoms with E-state index in [-0.39, 0.29) is 11.3 Å². The van der Waals surface area contributed by atoms with Gasteiger partial charge in [-0.25, -0.2) is 13.4 Å². The number of halogens is 1. The fourth-order valence-electron chi connectivity index (χ4n) is 4.00. The zero-order valence-corrected chi connectivity index (χ0v) is 22.5. The number of hydrogen-bond donors (Lipinski definition) is 3. The molecule has 2 heterocycles. The lowest BCUT2D eigenvalue weighted by Crippen LogP contribution is -2.45. The highest BCUT2D eigenvalue weighted by atomic mass is 35.5. The number of aromatic amines is 1. The van der Waals surface area contributed by atoms with Crippen LogP contribution in [0.3, 0.4) is 0 Å². The number of ether oxygens (including phenoxy) is 1. The predicted octanol–water partition coefficient (Wildman–Crippen LogP) is 5.48. The molecule has 3 N–H and O–H groups in total. The van der Waals surface area contributed by atoms with E-state index in [2.05, 4.69) is 20.0 Å². The number of sulfonamides is 1. The molecule has 1 amide bonds. The van der Waals surface area contributed by atoms with Crippen molar-refractivity contribution in [1.29, 1.82) is 0 Å². The molecule has 1 atom stereocenters. The number of methoxy groups -OCH3 is 1. The number of benzene rings is 3. The Labute approximate surface area is 228 Å². The molecule has 3 aromatic carbocycles. The van der Waals surface area contributed by atoms with Gasteiger partial charge in [-0.15, -0.1) is 11.3 Å². The van der Waals surface area contributed by atoms with E-state index < -0.39 is 22.0 Å². The number of aromatic nitrogens is 2. The number of anilines is 1. The van der Waals surface area contributed by atoms with Crippen LogP contribution in [0.5, 0.6) is 5.75 Å². The number of hydrogen-bond acceptors (Lipinski definition) is 6. The van der Waals surface area contributed by atoms with Gasteiger partial charge in [-0.2, -0.15) is 4.72 Å². The second kappa shape index (κ2) is 11.0. The lowest BCUT2D eigenvalue weighted by molar-refractivity contribution is -0.117. The van der Waals surface area contributed by atoms with Gasteiger partial charge in [-0.1, -0.05) is 29.8 Å². The molecule has 38 heavy (non-hydrogen) atoms. The summed E-state index contributed by atoms with van der Waals surface area (Å²) in [4.78, 5) is 21.1. The maximum atomic E-state index is 13.4. The number of fused-ring (bicyclic) bond motifs is 1. The number of nitrogens with one attached hydrogen (secondary N) is 3. The van der Waals surface area contributed by atoms with E-state index in [1.54, 1.807) is 13.3 Å². The van der Waals surface area contributed by atoms with Crippen molar-refractivity contribution in [3.05, 3.63) is 95.0 Å². The summed E-state index contributed by atoms with van der Waals surface area (Å²) in [7, 11) is -2.43. The molecule has 0 fully saturated rings. The highest BCUT2D eigenvalue weighted by Crippen LogP contribution is 2.27. The molecule has 11 heteroatoms. The number of amides is 1. The van der Waals surface area contributed by atoms with Crippen molar-refractivity contribution in [3.63, 3.8) is 0 Å². The van der Waals surface area contributed by atoms with Gasteiger partial charge in [-0.3, -0.25) is 4.79 Å². The maximum absolute atomic E-state index is 13.4. The lowest BCUT2D eigenvalue weighted by atomic mass is 10.1. The van der Waals surface area contributed by atoms with Crippen LogP contribution >= 0.6 is 22.9 Å². The van der Waals surface area contributed by atoms with Gasteiger partial charge in [0.1, 0.15) is 11.8 Å². The van der Waals surface area contributed by atoms with Crippen molar-refractivity contribution in [2.24, 2.45) is 0 Å². The fraction of sp³-hybridized carbons (Fsp3) is 0.111. The molecule has 2 aromatic heterocycles. The van der Waals surface area contributed by atoms with E-state index in [9.17, 15) is 13.2 Å². The second-order valence-electron chi connectivity index (χ2n) is 8.45. The molecular formula is C27H23ClN4O4S2. The van der Waals surface area contributed by atoms with Gasteiger partial charge >= 0.3 is 0 Å². The van der Waals surface area contributed by atoms with Gasteiger partial charge in [0, 0.05) is 33.1 Å². The molecular weight excluding hydrogens is 544 g/mol. The van der Waals surface area contributed by atoms with Gasteiger partial charge < -0.3 is 15.0 Å². The molecule has 0 aliphatic carbocycles. The minimum atomic E-state index is -4.02. The van der Waals surface area contributed by atoms with Crippen molar-refractivity contribution in [2.45, 2.75) is 17.4 Å². The molecule has 5 rings (SSSR count). The number of H-pyrrole nitrogens is 1. The van der Waals surface area contributed by atoms with Gasteiger partial charge in [0.2, 0.25) is 15.9 Å². The molecule has 0 radical (unpaired) electrons. The third-order valence-electron chi connectivity index (χ3n) is 5.96. The summed E-state index contributed by atoms with van der Waals surface area (Å²) in [6, 6.07) is 19.7. The van der Waals surface area contributed by atoms with Crippen LogP contribution in [0, 0.1) is 0 Å². The minimum absolute atomic E-state index is 0.00895. The Morgan fingerprint density at radius 1 is 1.08 bits per heavy atom. The lowest BCUT2D eigenvalue weighted by Gasteiger charge is -2.18. The molecule has 194 valence electrons. The van der Waals surface area contributed by atoms with Crippen LogP contribution in [0.4, 0.5) is 5.13 Å². The van der Waals surface area contributed by atoms with E-state index in [1.165, 1.54) is 35.6 Å². The van der Waals surface area contributed by atoms with E-state index in [4.69, 9.17) is 16.3 Å². The molecule has 8 nitrogen and oxygen atoms in total. The van der Waals surface area contributed by atoms with E-state index in [1.807, 2.05) is 53.9 Å². The second-order valence-corrected chi connectivity index (χ2v) is 11.5. The molecule has 0 bridgehead atoms. The fourth-order valence-corrected chi connectivity index (χ4v) is 6.04. The Balaban J connectivity index is 1.40. The molecule has 0 saturated heterocycles. The van der Waals surface area contributed by atoms with Gasteiger partial charge in [0.05, 0.1) is 17.7 Å². The SMILES string of the molecule is COc1ccc(-c2csc(NC(=O)[C@H](Cc3c[nH]c4ccccc34)NS(=O)(=O)c3ccc(Cl)cc3)n2)cc1. The summed E-state index contributed by atoms with van der Waals surface area (Å²) < 4.78 is 34.1.